The first-order chi connectivity index (χ1) is 8.04. The molecule has 94 valence electrons. The molecule has 0 aliphatic rings. The van der Waals surface area contributed by atoms with Crippen LogP contribution in [0.2, 0.25) is 0 Å². The van der Waals surface area contributed by atoms with Crippen molar-refractivity contribution in [1.82, 2.24) is 0 Å². The Morgan fingerprint density at radius 3 is 2.29 bits per heavy atom. The molecule has 17 heavy (non-hydrogen) atoms. The number of carbonyl (C=O) groups is 1. The van der Waals surface area contributed by atoms with Gasteiger partial charge in [-0.2, -0.15) is 0 Å². The van der Waals surface area contributed by atoms with Crippen LogP contribution in [0.3, 0.4) is 0 Å². The second-order valence-corrected chi connectivity index (χ2v) is 4.23. The summed E-state index contributed by atoms with van der Waals surface area (Å²) in [5.74, 6) is -3.74. The molecule has 0 aromatic heterocycles. The number of hydrogen-bond donors (Lipinski definition) is 1. The van der Waals surface area contributed by atoms with Gasteiger partial charge in [0.05, 0.1) is 0 Å². The van der Waals surface area contributed by atoms with Crippen molar-refractivity contribution in [2.45, 2.75) is 19.3 Å². The Kier molecular flexibility index (Phi) is 5.47. The van der Waals surface area contributed by atoms with Gasteiger partial charge in [0.2, 0.25) is 5.91 Å². The summed E-state index contributed by atoms with van der Waals surface area (Å²) in [6.07, 6.45) is 1.57. The third kappa shape index (κ3) is 4.38. The first-order valence-electron chi connectivity index (χ1n) is 5.05. The maximum atomic E-state index is 13.2. The molecule has 0 aliphatic heterocycles. The minimum atomic E-state index is -1.11. The molecule has 0 atom stereocenters. The fourth-order valence-corrected chi connectivity index (χ4v) is 1.64. The van der Waals surface area contributed by atoms with Crippen LogP contribution in [0.15, 0.2) is 12.1 Å². The average Bonchev–Trinajstić information content (AvgIpc) is 2.24. The van der Waals surface area contributed by atoms with Crippen LogP contribution in [0, 0.1) is 17.5 Å². The van der Waals surface area contributed by atoms with Crippen molar-refractivity contribution in [2.75, 3.05) is 10.6 Å². The van der Waals surface area contributed by atoms with Gasteiger partial charge < -0.3 is 5.32 Å². The number of rotatable bonds is 5. The third-order valence-corrected chi connectivity index (χ3v) is 2.62. The molecule has 1 amide bonds. The van der Waals surface area contributed by atoms with Crippen LogP contribution in [0.5, 0.6) is 0 Å². The Balaban J connectivity index is 2.65. The van der Waals surface area contributed by atoms with Crippen molar-refractivity contribution in [3.05, 3.63) is 29.6 Å². The van der Waals surface area contributed by atoms with Crippen molar-refractivity contribution >= 4 is 27.5 Å². The van der Waals surface area contributed by atoms with Gasteiger partial charge in [0, 0.05) is 23.9 Å². The number of alkyl halides is 1. The zero-order valence-electron chi connectivity index (χ0n) is 8.90. The molecule has 0 radical (unpaired) electrons. The van der Waals surface area contributed by atoms with Crippen molar-refractivity contribution in [2.24, 2.45) is 0 Å². The van der Waals surface area contributed by atoms with E-state index in [0.717, 1.165) is 11.8 Å². The summed E-state index contributed by atoms with van der Waals surface area (Å²) in [6, 6.07) is 1.05. The predicted molar refractivity (Wildman–Crippen MR) is 62.6 cm³/mol. The highest BCUT2D eigenvalue weighted by atomic mass is 79.9. The molecule has 0 spiro atoms. The third-order valence-electron chi connectivity index (χ3n) is 2.06. The van der Waals surface area contributed by atoms with Gasteiger partial charge in [0.1, 0.15) is 11.5 Å². The van der Waals surface area contributed by atoms with E-state index in [9.17, 15) is 18.0 Å². The Bertz CT molecular complexity index is 389. The van der Waals surface area contributed by atoms with Crippen LogP contribution in [0.1, 0.15) is 19.3 Å². The number of hydrogen-bond acceptors (Lipinski definition) is 1. The van der Waals surface area contributed by atoms with Crippen LogP contribution >= 0.6 is 15.9 Å². The molecule has 1 rings (SSSR count). The summed E-state index contributed by atoms with van der Waals surface area (Å²) < 4.78 is 38.9. The molecule has 0 saturated heterocycles. The zero-order valence-corrected chi connectivity index (χ0v) is 10.5. The second kappa shape index (κ2) is 6.64. The minimum Gasteiger partial charge on any atom is -0.321 e. The van der Waals surface area contributed by atoms with Gasteiger partial charge in [0.25, 0.3) is 0 Å². The smallest absolute Gasteiger partial charge is 0.224 e. The van der Waals surface area contributed by atoms with Crippen molar-refractivity contribution in [1.29, 1.82) is 0 Å². The highest BCUT2D eigenvalue weighted by Gasteiger charge is 2.13. The molecule has 0 unspecified atom stereocenters. The second-order valence-electron chi connectivity index (χ2n) is 3.44. The fourth-order valence-electron chi connectivity index (χ4n) is 1.24. The molecule has 0 bridgehead atoms. The van der Waals surface area contributed by atoms with Gasteiger partial charge in [-0.05, 0) is 12.8 Å². The van der Waals surface area contributed by atoms with Crippen molar-refractivity contribution in [3.63, 3.8) is 0 Å². The number of anilines is 1. The van der Waals surface area contributed by atoms with Gasteiger partial charge in [-0.3, -0.25) is 4.79 Å². The van der Waals surface area contributed by atoms with E-state index in [4.69, 9.17) is 0 Å². The summed E-state index contributed by atoms with van der Waals surface area (Å²) >= 11 is 3.20. The maximum Gasteiger partial charge on any atom is 0.224 e. The number of nitrogens with one attached hydrogen (secondary N) is 1. The molecule has 0 saturated carbocycles. The van der Waals surface area contributed by atoms with E-state index in [1.165, 1.54) is 0 Å². The molecule has 0 aliphatic carbocycles. The quantitative estimate of drug-likeness (QED) is 0.653. The first-order valence-corrected chi connectivity index (χ1v) is 6.17. The van der Waals surface area contributed by atoms with Crippen LogP contribution in [-0.2, 0) is 4.79 Å². The molecular weight excluding hydrogens is 299 g/mol. The van der Waals surface area contributed by atoms with Gasteiger partial charge in [-0.25, -0.2) is 13.2 Å². The number of unbranched alkanes of at least 4 members (excludes halogenated alkanes) is 1. The lowest BCUT2D eigenvalue weighted by Crippen LogP contribution is -2.14. The molecular formula is C11H11BrF3NO. The molecule has 1 aromatic carbocycles. The first kappa shape index (κ1) is 14.0. The summed E-state index contributed by atoms with van der Waals surface area (Å²) in [7, 11) is 0. The van der Waals surface area contributed by atoms with Crippen LogP contribution in [-0.4, -0.2) is 11.2 Å². The van der Waals surface area contributed by atoms with E-state index in [1.54, 1.807) is 0 Å². The monoisotopic (exact) mass is 309 g/mol. The lowest BCUT2D eigenvalue weighted by atomic mass is 10.2. The van der Waals surface area contributed by atoms with E-state index in [2.05, 4.69) is 21.2 Å². The van der Waals surface area contributed by atoms with E-state index in [0.29, 0.717) is 18.6 Å². The Morgan fingerprint density at radius 1 is 1.18 bits per heavy atom. The molecule has 0 heterocycles. The van der Waals surface area contributed by atoms with Crippen LogP contribution in [0.4, 0.5) is 18.9 Å². The van der Waals surface area contributed by atoms with Crippen molar-refractivity contribution < 1.29 is 18.0 Å². The molecule has 2 nitrogen and oxygen atoms in total. The molecule has 6 heteroatoms. The Hall–Kier alpha value is -1.04. The molecule has 1 N–H and O–H groups in total. The van der Waals surface area contributed by atoms with Gasteiger partial charge in [-0.1, -0.05) is 15.9 Å². The standard InChI is InChI=1S/C11H11BrF3NO/c12-4-2-1-3-10(17)16-11-8(14)5-7(13)6-9(11)15/h5-6H,1-4H2,(H,16,17). The van der Waals surface area contributed by atoms with E-state index < -0.39 is 29.0 Å². The molecule has 1 aromatic rings. The van der Waals surface area contributed by atoms with Gasteiger partial charge >= 0.3 is 0 Å². The zero-order chi connectivity index (χ0) is 12.8. The summed E-state index contributed by atoms with van der Waals surface area (Å²) in [5, 5.41) is 2.86. The Morgan fingerprint density at radius 2 is 1.76 bits per heavy atom. The van der Waals surface area contributed by atoms with E-state index >= 15 is 0 Å². The van der Waals surface area contributed by atoms with Gasteiger partial charge in [0.15, 0.2) is 11.6 Å². The topological polar surface area (TPSA) is 29.1 Å². The average molecular weight is 310 g/mol. The van der Waals surface area contributed by atoms with Crippen molar-refractivity contribution in [3.8, 4) is 0 Å². The largest absolute Gasteiger partial charge is 0.321 e. The lowest BCUT2D eigenvalue weighted by molar-refractivity contribution is -0.116. The molecule has 0 fully saturated rings. The highest BCUT2D eigenvalue weighted by molar-refractivity contribution is 9.09. The maximum absolute atomic E-state index is 13.2. The summed E-state index contributed by atoms with van der Waals surface area (Å²) in [5.41, 5.74) is -0.602. The SMILES string of the molecule is O=C(CCCCBr)Nc1c(F)cc(F)cc1F. The lowest BCUT2D eigenvalue weighted by Gasteiger charge is -2.07. The minimum absolute atomic E-state index is 0.169. The predicted octanol–water partition coefficient (Wildman–Crippen LogP) is 3.61. The number of carbonyl (C=O) groups excluding carboxylic acids is 1. The number of amides is 1. The summed E-state index contributed by atoms with van der Waals surface area (Å²) in [4.78, 5) is 11.3. The van der Waals surface area contributed by atoms with E-state index in [1.807, 2.05) is 0 Å². The van der Waals surface area contributed by atoms with Crippen LogP contribution in [0.25, 0.3) is 0 Å². The van der Waals surface area contributed by atoms with Crippen LogP contribution < -0.4 is 5.32 Å². The highest BCUT2D eigenvalue weighted by Crippen LogP contribution is 2.20. The fraction of sp³-hybridized carbons (Fsp3) is 0.364. The van der Waals surface area contributed by atoms with Gasteiger partial charge in [-0.15, -0.1) is 0 Å². The normalized spacial score (nSPS) is 10.4. The summed E-state index contributed by atoms with van der Waals surface area (Å²) in [6.45, 7) is 0. The Labute approximate surface area is 105 Å². The number of benzene rings is 1. The number of halogens is 4. The van der Waals surface area contributed by atoms with E-state index in [-0.39, 0.29) is 6.42 Å².